The molecule has 0 spiro atoms. The number of fused-ring (bicyclic) bond motifs is 1. The lowest BCUT2D eigenvalue weighted by molar-refractivity contribution is 0.626. The lowest BCUT2D eigenvalue weighted by Gasteiger charge is -2.05. The van der Waals surface area contributed by atoms with Gasteiger partial charge in [-0.3, -0.25) is 5.10 Å². The van der Waals surface area contributed by atoms with Crippen LogP contribution in [0.3, 0.4) is 0 Å². The van der Waals surface area contributed by atoms with Gasteiger partial charge < -0.3 is 4.57 Å². The van der Waals surface area contributed by atoms with Gasteiger partial charge in [0.1, 0.15) is 11.6 Å². The maximum Gasteiger partial charge on any atom is 0.216 e. The molecule has 130 valence electrons. The van der Waals surface area contributed by atoms with Crippen molar-refractivity contribution in [1.29, 1.82) is 0 Å². The Bertz CT molecular complexity index is 1150. The largest absolute Gasteiger partial charge is 0.342 e. The molecule has 1 N–H and O–H groups in total. The Labute approximate surface area is 154 Å². The van der Waals surface area contributed by atoms with Crippen molar-refractivity contribution in [3.8, 4) is 0 Å². The summed E-state index contributed by atoms with van der Waals surface area (Å²) in [6.07, 6.45) is 3.82. The van der Waals surface area contributed by atoms with Crippen molar-refractivity contribution < 1.29 is 4.39 Å². The highest BCUT2D eigenvalue weighted by atomic mass is 32.1. The van der Waals surface area contributed by atoms with E-state index in [9.17, 15) is 4.39 Å². The van der Waals surface area contributed by atoms with Gasteiger partial charge in [-0.15, -0.1) is 0 Å². The van der Waals surface area contributed by atoms with Gasteiger partial charge in [-0.2, -0.15) is 14.9 Å². The fourth-order valence-corrected chi connectivity index (χ4v) is 3.15. The first-order chi connectivity index (χ1) is 12.6. The third kappa shape index (κ3) is 3.09. The standard InChI is InChI=1S/C19H16FN5S/c1-13-22-23-19(26)25(13)21-10-15-12-24(18-5-3-2-4-17(15)18)11-14-6-8-16(20)9-7-14/h2-10,12H,11H2,1H3,(H,23,26)/b21-10-. The predicted octanol–water partition coefficient (Wildman–Crippen LogP) is 4.27. The van der Waals surface area contributed by atoms with Crippen LogP contribution in [0.2, 0.25) is 0 Å². The highest BCUT2D eigenvalue weighted by molar-refractivity contribution is 7.71. The van der Waals surface area contributed by atoms with Gasteiger partial charge in [0.25, 0.3) is 0 Å². The molecule has 0 fully saturated rings. The molecule has 0 radical (unpaired) electrons. The molecule has 5 nitrogen and oxygen atoms in total. The summed E-state index contributed by atoms with van der Waals surface area (Å²) in [5, 5.41) is 12.3. The number of nitrogens with one attached hydrogen (secondary N) is 1. The molecular formula is C19H16FN5S. The van der Waals surface area contributed by atoms with E-state index in [0.29, 0.717) is 17.1 Å². The minimum atomic E-state index is -0.230. The van der Waals surface area contributed by atoms with Crippen molar-refractivity contribution in [3.05, 3.63) is 82.3 Å². The van der Waals surface area contributed by atoms with Crippen molar-refractivity contribution in [2.24, 2.45) is 5.10 Å². The van der Waals surface area contributed by atoms with Crippen LogP contribution in [-0.4, -0.2) is 25.7 Å². The maximum absolute atomic E-state index is 13.1. The number of hydrogen-bond acceptors (Lipinski definition) is 3. The van der Waals surface area contributed by atoms with Crippen LogP contribution in [0.25, 0.3) is 10.9 Å². The smallest absolute Gasteiger partial charge is 0.216 e. The van der Waals surface area contributed by atoms with Gasteiger partial charge in [0, 0.05) is 29.2 Å². The first-order valence-electron chi connectivity index (χ1n) is 8.12. The molecule has 0 aliphatic heterocycles. The Balaban J connectivity index is 1.74. The molecule has 0 aliphatic rings. The third-order valence-electron chi connectivity index (χ3n) is 4.21. The number of aryl methyl sites for hydroxylation is 1. The van der Waals surface area contributed by atoms with Crippen molar-refractivity contribution in [3.63, 3.8) is 0 Å². The van der Waals surface area contributed by atoms with Crippen LogP contribution in [0.15, 0.2) is 59.8 Å². The average Bonchev–Trinajstić information content (AvgIpc) is 3.16. The molecule has 0 saturated carbocycles. The summed E-state index contributed by atoms with van der Waals surface area (Å²) in [4.78, 5) is 0. The Morgan fingerprint density at radius 2 is 1.96 bits per heavy atom. The van der Waals surface area contributed by atoms with Crippen LogP contribution in [-0.2, 0) is 6.54 Å². The minimum Gasteiger partial charge on any atom is -0.342 e. The fourth-order valence-electron chi connectivity index (χ4n) is 2.92. The van der Waals surface area contributed by atoms with Gasteiger partial charge in [0.15, 0.2) is 0 Å². The second-order valence-corrected chi connectivity index (χ2v) is 6.38. The molecule has 0 amide bonds. The number of rotatable bonds is 4. The van der Waals surface area contributed by atoms with Crippen molar-refractivity contribution >= 4 is 29.3 Å². The Hall–Kier alpha value is -3.06. The zero-order valence-electron chi connectivity index (χ0n) is 14.1. The van der Waals surface area contributed by atoms with Crippen LogP contribution in [0.5, 0.6) is 0 Å². The molecule has 7 heteroatoms. The maximum atomic E-state index is 13.1. The first-order valence-corrected chi connectivity index (χ1v) is 8.53. The van der Waals surface area contributed by atoms with Crippen molar-refractivity contribution in [2.75, 3.05) is 0 Å². The van der Waals surface area contributed by atoms with E-state index in [1.165, 1.54) is 12.1 Å². The van der Waals surface area contributed by atoms with E-state index >= 15 is 0 Å². The first kappa shape index (κ1) is 16.4. The number of hydrogen-bond donors (Lipinski definition) is 1. The van der Waals surface area contributed by atoms with Crippen LogP contribution in [0.1, 0.15) is 17.0 Å². The van der Waals surface area contributed by atoms with Gasteiger partial charge >= 0.3 is 0 Å². The molecule has 4 aromatic rings. The lowest BCUT2D eigenvalue weighted by atomic mass is 10.2. The van der Waals surface area contributed by atoms with E-state index in [-0.39, 0.29) is 5.82 Å². The summed E-state index contributed by atoms with van der Waals surface area (Å²) in [6.45, 7) is 2.49. The summed E-state index contributed by atoms with van der Waals surface area (Å²) in [7, 11) is 0. The second-order valence-electron chi connectivity index (χ2n) is 5.99. The van der Waals surface area contributed by atoms with Crippen LogP contribution < -0.4 is 0 Å². The van der Waals surface area contributed by atoms with E-state index < -0.39 is 0 Å². The molecule has 0 saturated heterocycles. The summed E-state index contributed by atoms with van der Waals surface area (Å²) < 4.78 is 17.3. The number of para-hydroxylation sites is 1. The van der Waals surface area contributed by atoms with Gasteiger partial charge in [0.05, 0.1) is 6.21 Å². The molecular weight excluding hydrogens is 349 g/mol. The zero-order chi connectivity index (χ0) is 18.1. The molecule has 4 rings (SSSR count). The van der Waals surface area contributed by atoms with E-state index in [2.05, 4.69) is 32.0 Å². The van der Waals surface area contributed by atoms with E-state index in [4.69, 9.17) is 12.2 Å². The summed E-state index contributed by atoms with van der Waals surface area (Å²) in [5.41, 5.74) is 3.10. The Morgan fingerprint density at radius 1 is 1.19 bits per heavy atom. The lowest BCUT2D eigenvalue weighted by Crippen LogP contribution is -1.98. The number of halogens is 1. The monoisotopic (exact) mass is 365 g/mol. The summed E-state index contributed by atoms with van der Waals surface area (Å²) in [6, 6.07) is 14.7. The van der Waals surface area contributed by atoms with Gasteiger partial charge in [0.2, 0.25) is 4.77 Å². The normalized spacial score (nSPS) is 11.6. The second kappa shape index (κ2) is 6.68. The molecule has 0 atom stereocenters. The molecule has 2 aromatic heterocycles. The molecule has 0 aliphatic carbocycles. The molecule has 0 bridgehead atoms. The molecule has 0 unspecified atom stereocenters. The highest BCUT2D eigenvalue weighted by Gasteiger charge is 2.08. The number of nitrogens with zero attached hydrogens (tertiary/aromatic N) is 4. The molecule has 26 heavy (non-hydrogen) atoms. The summed E-state index contributed by atoms with van der Waals surface area (Å²) in [5.74, 6) is 0.465. The Morgan fingerprint density at radius 3 is 2.69 bits per heavy atom. The Kier molecular flexibility index (Phi) is 4.22. The SMILES string of the molecule is Cc1n[nH]c(=S)n1/N=C\c1cn(Cc2ccc(F)cc2)c2ccccc12. The van der Waals surface area contributed by atoms with Crippen molar-refractivity contribution in [1.82, 2.24) is 19.4 Å². The van der Waals surface area contributed by atoms with E-state index in [0.717, 1.165) is 22.0 Å². The number of aromatic amines is 1. The number of aromatic nitrogens is 4. The third-order valence-corrected chi connectivity index (χ3v) is 4.47. The van der Waals surface area contributed by atoms with Gasteiger partial charge in [-0.25, -0.2) is 4.39 Å². The van der Waals surface area contributed by atoms with E-state index in [1.807, 2.05) is 25.3 Å². The quantitative estimate of drug-likeness (QED) is 0.434. The van der Waals surface area contributed by atoms with Crippen molar-refractivity contribution in [2.45, 2.75) is 13.5 Å². The van der Waals surface area contributed by atoms with Gasteiger partial charge in [-0.1, -0.05) is 30.3 Å². The average molecular weight is 365 g/mol. The van der Waals surface area contributed by atoms with Crippen LogP contribution in [0.4, 0.5) is 4.39 Å². The van der Waals surface area contributed by atoms with E-state index in [1.54, 1.807) is 23.0 Å². The molecule has 2 aromatic carbocycles. The number of benzene rings is 2. The fraction of sp³-hybridized carbons (Fsp3) is 0.105. The van der Waals surface area contributed by atoms with Crippen LogP contribution in [0, 0.1) is 17.5 Å². The minimum absolute atomic E-state index is 0.230. The predicted molar refractivity (Wildman–Crippen MR) is 103 cm³/mol. The summed E-state index contributed by atoms with van der Waals surface area (Å²) >= 11 is 5.18. The number of H-pyrrole nitrogens is 1. The van der Waals surface area contributed by atoms with Crippen LogP contribution >= 0.6 is 12.2 Å². The van der Waals surface area contributed by atoms with Gasteiger partial charge in [-0.05, 0) is 42.9 Å². The zero-order valence-corrected chi connectivity index (χ0v) is 14.9. The topological polar surface area (TPSA) is 50.9 Å². The highest BCUT2D eigenvalue weighted by Crippen LogP contribution is 2.21. The molecule has 2 heterocycles.